The average molecular weight is 435 g/mol. The molecule has 0 N–H and O–H groups in total. The van der Waals surface area contributed by atoms with Gasteiger partial charge in [-0.2, -0.15) is 4.31 Å². The van der Waals surface area contributed by atoms with Gasteiger partial charge in [0.25, 0.3) is 0 Å². The molecule has 3 rings (SSSR count). The number of piperidine rings is 1. The van der Waals surface area contributed by atoms with Gasteiger partial charge in [-0.3, -0.25) is 4.79 Å². The number of ether oxygens (including phenoxy) is 1. The Bertz CT molecular complexity index is 768. The van der Waals surface area contributed by atoms with E-state index in [0.29, 0.717) is 19.4 Å². The van der Waals surface area contributed by atoms with E-state index in [0.717, 1.165) is 19.4 Å². The Kier molecular flexibility index (Phi) is 6.69. The first-order chi connectivity index (χ1) is 12.8. The topological polar surface area (TPSA) is 66.9 Å². The first kappa shape index (κ1) is 20.9. The summed E-state index contributed by atoms with van der Waals surface area (Å²) in [5.41, 5.74) is 0. The molecule has 0 saturated carbocycles. The standard InChI is InChI=1S/C18H24Cl2N2O4S/c1-21(12-14-4-3-11-26-14)18(23)13-7-9-22(10-8-13)27(24,25)17-15(19)5-2-6-16(17)20/h2,5-6,13-14H,3-4,7-12H2,1H3. The fraction of sp³-hybridized carbons (Fsp3) is 0.611. The lowest BCUT2D eigenvalue weighted by atomic mass is 9.96. The maximum Gasteiger partial charge on any atom is 0.246 e. The van der Waals surface area contributed by atoms with E-state index in [1.807, 2.05) is 0 Å². The van der Waals surface area contributed by atoms with Crippen molar-refractivity contribution in [1.82, 2.24) is 9.21 Å². The van der Waals surface area contributed by atoms with Crippen molar-refractivity contribution in [3.8, 4) is 0 Å². The molecule has 6 nitrogen and oxygen atoms in total. The number of rotatable bonds is 5. The van der Waals surface area contributed by atoms with E-state index in [1.54, 1.807) is 18.0 Å². The third kappa shape index (κ3) is 4.59. The molecule has 1 unspecified atom stereocenters. The summed E-state index contributed by atoms with van der Waals surface area (Å²) in [6.45, 7) is 1.89. The molecule has 1 amide bonds. The van der Waals surface area contributed by atoms with Gasteiger partial charge >= 0.3 is 0 Å². The molecule has 1 atom stereocenters. The predicted molar refractivity (Wildman–Crippen MR) is 105 cm³/mol. The molecular formula is C18H24Cl2N2O4S. The van der Waals surface area contributed by atoms with E-state index in [2.05, 4.69) is 0 Å². The van der Waals surface area contributed by atoms with Crippen LogP contribution in [-0.2, 0) is 19.6 Å². The zero-order valence-electron chi connectivity index (χ0n) is 15.2. The lowest BCUT2D eigenvalue weighted by Gasteiger charge is -2.33. The first-order valence-electron chi connectivity index (χ1n) is 9.11. The third-order valence-electron chi connectivity index (χ3n) is 5.20. The monoisotopic (exact) mass is 434 g/mol. The SMILES string of the molecule is CN(CC1CCCO1)C(=O)C1CCN(S(=O)(=O)c2c(Cl)cccc2Cl)CC1. The zero-order chi connectivity index (χ0) is 19.6. The van der Waals surface area contributed by atoms with Gasteiger partial charge in [0.15, 0.2) is 0 Å². The molecule has 0 aromatic heterocycles. The van der Waals surface area contributed by atoms with Crippen molar-refractivity contribution in [2.75, 3.05) is 33.3 Å². The third-order valence-corrected chi connectivity index (χ3v) is 8.05. The molecule has 27 heavy (non-hydrogen) atoms. The van der Waals surface area contributed by atoms with Gasteiger partial charge in [-0.25, -0.2) is 8.42 Å². The summed E-state index contributed by atoms with van der Waals surface area (Å²) in [5.74, 6) is -0.122. The molecule has 0 aliphatic carbocycles. The lowest BCUT2D eigenvalue weighted by Crippen LogP contribution is -2.44. The second-order valence-electron chi connectivity index (χ2n) is 7.08. The van der Waals surface area contributed by atoms with Crippen molar-refractivity contribution >= 4 is 39.1 Å². The van der Waals surface area contributed by atoms with Gasteiger partial charge in [0.1, 0.15) is 4.90 Å². The maximum absolute atomic E-state index is 12.9. The second-order valence-corrected chi connectivity index (χ2v) is 9.77. The highest BCUT2D eigenvalue weighted by atomic mass is 35.5. The minimum Gasteiger partial charge on any atom is -0.376 e. The van der Waals surface area contributed by atoms with Gasteiger partial charge in [0, 0.05) is 39.2 Å². The fourth-order valence-electron chi connectivity index (χ4n) is 3.70. The van der Waals surface area contributed by atoms with E-state index in [4.69, 9.17) is 27.9 Å². The second kappa shape index (κ2) is 8.66. The van der Waals surface area contributed by atoms with Crippen molar-refractivity contribution in [2.45, 2.75) is 36.7 Å². The smallest absolute Gasteiger partial charge is 0.246 e. The van der Waals surface area contributed by atoms with Crippen LogP contribution in [0.2, 0.25) is 10.0 Å². The minimum atomic E-state index is -3.79. The van der Waals surface area contributed by atoms with E-state index in [-0.39, 0.29) is 46.0 Å². The van der Waals surface area contributed by atoms with Gasteiger partial charge in [-0.05, 0) is 37.8 Å². The highest BCUT2D eigenvalue weighted by Gasteiger charge is 2.35. The van der Waals surface area contributed by atoms with Crippen LogP contribution in [0.1, 0.15) is 25.7 Å². The number of sulfonamides is 1. The van der Waals surface area contributed by atoms with Crippen LogP contribution in [0.15, 0.2) is 23.1 Å². The largest absolute Gasteiger partial charge is 0.376 e. The molecule has 2 aliphatic rings. The molecule has 0 radical (unpaired) electrons. The summed E-state index contributed by atoms with van der Waals surface area (Å²) < 4.78 is 32.8. The number of halogens is 2. The van der Waals surface area contributed by atoms with Crippen molar-refractivity contribution < 1.29 is 17.9 Å². The molecule has 2 heterocycles. The van der Waals surface area contributed by atoms with Crippen molar-refractivity contribution in [3.63, 3.8) is 0 Å². The van der Waals surface area contributed by atoms with Crippen LogP contribution in [0.25, 0.3) is 0 Å². The number of amides is 1. The molecular weight excluding hydrogens is 411 g/mol. The molecule has 150 valence electrons. The minimum absolute atomic E-state index is 0.0540. The molecule has 1 aromatic rings. The lowest BCUT2D eigenvalue weighted by molar-refractivity contribution is -0.136. The van der Waals surface area contributed by atoms with Gasteiger partial charge in [-0.15, -0.1) is 0 Å². The Morgan fingerprint density at radius 1 is 1.22 bits per heavy atom. The predicted octanol–water partition coefficient (Wildman–Crippen LogP) is 3.03. The Balaban J connectivity index is 1.62. The highest BCUT2D eigenvalue weighted by molar-refractivity contribution is 7.89. The number of likely N-dealkylation sites (N-methyl/N-ethyl adjacent to an activating group) is 1. The Morgan fingerprint density at radius 2 is 1.85 bits per heavy atom. The van der Waals surface area contributed by atoms with E-state index < -0.39 is 10.0 Å². The number of hydrogen-bond acceptors (Lipinski definition) is 4. The first-order valence-corrected chi connectivity index (χ1v) is 11.3. The number of carbonyl (C=O) groups excluding carboxylic acids is 1. The van der Waals surface area contributed by atoms with Crippen LogP contribution in [0.3, 0.4) is 0 Å². The number of hydrogen-bond donors (Lipinski definition) is 0. The maximum atomic E-state index is 12.9. The Labute approximate surface area is 170 Å². The molecule has 2 aliphatic heterocycles. The number of carbonyl (C=O) groups is 1. The quantitative estimate of drug-likeness (QED) is 0.713. The van der Waals surface area contributed by atoms with E-state index >= 15 is 0 Å². The van der Waals surface area contributed by atoms with Gasteiger partial charge < -0.3 is 9.64 Å². The molecule has 2 saturated heterocycles. The number of nitrogens with zero attached hydrogens (tertiary/aromatic N) is 2. The fourth-order valence-corrected chi connectivity index (χ4v) is 6.26. The van der Waals surface area contributed by atoms with E-state index in [1.165, 1.54) is 16.4 Å². The van der Waals surface area contributed by atoms with Crippen molar-refractivity contribution in [2.24, 2.45) is 5.92 Å². The van der Waals surface area contributed by atoms with Crippen LogP contribution < -0.4 is 0 Å². The van der Waals surface area contributed by atoms with Gasteiger partial charge in [0.05, 0.1) is 16.1 Å². The normalized spacial score (nSPS) is 22.1. The zero-order valence-corrected chi connectivity index (χ0v) is 17.6. The molecule has 2 fully saturated rings. The Morgan fingerprint density at radius 3 is 2.41 bits per heavy atom. The summed E-state index contributed by atoms with van der Waals surface area (Å²) in [6, 6.07) is 4.63. The molecule has 0 spiro atoms. The highest BCUT2D eigenvalue weighted by Crippen LogP contribution is 2.33. The molecule has 1 aromatic carbocycles. The summed E-state index contributed by atoms with van der Waals surface area (Å²) >= 11 is 12.1. The number of benzene rings is 1. The van der Waals surface area contributed by atoms with Gasteiger partial charge in [0.2, 0.25) is 15.9 Å². The van der Waals surface area contributed by atoms with Crippen LogP contribution in [-0.4, -0.2) is 62.9 Å². The summed E-state index contributed by atoms with van der Waals surface area (Å²) in [7, 11) is -2.00. The van der Waals surface area contributed by atoms with Crippen LogP contribution in [0.5, 0.6) is 0 Å². The average Bonchev–Trinajstić information content (AvgIpc) is 3.14. The van der Waals surface area contributed by atoms with Crippen molar-refractivity contribution in [3.05, 3.63) is 28.2 Å². The van der Waals surface area contributed by atoms with Crippen LogP contribution in [0.4, 0.5) is 0 Å². The summed E-state index contributed by atoms with van der Waals surface area (Å²) in [5, 5.41) is 0.217. The molecule has 0 bridgehead atoms. The Hall–Kier alpha value is -0.860. The summed E-state index contributed by atoms with van der Waals surface area (Å²) in [4.78, 5) is 14.3. The van der Waals surface area contributed by atoms with E-state index in [9.17, 15) is 13.2 Å². The van der Waals surface area contributed by atoms with Crippen LogP contribution >= 0.6 is 23.2 Å². The summed E-state index contributed by atoms with van der Waals surface area (Å²) in [6.07, 6.45) is 3.09. The van der Waals surface area contributed by atoms with Crippen LogP contribution in [0, 0.1) is 5.92 Å². The van der Waals surface area contributed by atoms with Crippen molar-refractivity contribution in [1.29, 1.82) is 0 Å². The molecule has 9 heteroatoms. The van der Waals surface area contributed by atoms with Gasteiger partial charge in [-0.1, -0.05) is 29.3 Å².